The van der Waals surface area contributed by atoms with Gasteiger partial charge < -0.3 is 4.74 Å². The van der Waals surface area contributed by atoms with Crippen molar-refractivity contribution in [1.82, 2.24) is 0 Å². The van der Waals surface area contributed by atoms with Gasteiger partial charge in [0.05, 0.1) is 12.7 Å². The van der Waals surface area contributed by atoms with Crippen LogP contribution in [0.15, 0.2) is 22.7 Å². The molecule has 1 aromatic carbocycles. The van der Waals surface area contributed by atoms with Crippen molar-refractivity contribution in [1.29, 1.82) is 0 Å². The predicted octanol–water partition coefficient (Wildman–Crippen LogP) is 4.83. The van der Waals surface area contributed by atoms with Gasteiger partial charge in [0.2, 0.25) is 0 Å². The van der Waals surface area contributed by atoms with E-state index in [2.05, 4.69) is 15.9 Å². The second-order valence-corrected chi connectivity index (χ2v) is 5.58. The molecule has 0 amide bonds. The highest BCUT2D eigenvalue weighted by Crippen LogP contribution is 2.22. The Morgan fingerprint density at radius 3 is 2.53 bits per heavy atom. The van der Waals surface area contributed by atoms with Crippen LogP contribution in [0.5, 0.6) is 0 Å². The molecule has 3 heteroatoms. The first kappa shape index (κ1) is 13.0. The molecule has 0 unspecified atom stereocenters. The van der Waals surface area contributed by atoms with Gasteiger partial charge in [-0.1, -0.05) is 47.7 Å². The van der Waals surface area contributed by atoms with Gasteiger partial charge in [0.25, 0.3) is 0 Å². The Balaban J connectivity index is 1.88. The summed E-state index contributed by atoms with van der Waals surface area (Å²) < 4.78 is 20.2. The lowest BCUT2D eigenvalue weighted by atomic mass is 10.1. The molecule has 1 aliphatic rings. The fraction of sp³-hybridized carbons (Fsp3) is 0.571. The molecule has 1 saturated carbocycles. The number of ether oxygens (including phenoxy) is 1. The van der Waals surface area contributed by atoms with E-state index in [0.29, 0.717) is 18.3 Å². The summed E-state index contributed by atoms with van der Waals surface area (Å²) in [7, 11) is 0. The first-order valence-electron chi connectivity index (χ1n) is 6.31. The van der Waals surface area contributed by atoms with E-state index in [9.17, 15) is 4.39 Å². The lowest BCUT2D eigenvalue weighted by molar-refractivity contribution is 0.0295. The van der Waals surface area contributed by atoms with Gasteiger partial charge in [-0.25, -0.2) is 4.39 Å². The van der Waals surface area contributed by atoms with Gasteiger partial charge >= 0.3 is 0 Å². The summed E-state index contributed by atoms with van der Waals surface area (Å²) in [6.45, 7) is 0.393. The van der Waals surface area contributed by atoms with Crippen LogP contribution in [0.1, 0.15) is 44.1 Å². The SMILES string of the molecule is Fc1cc(Br)ccc1COC1CCCCCC1. The average molecular weight is 301 g/mol. The third-order valence-electron chi connectivity index (χ3n) is 3.29. The maximum atomic E-state index is 13.6. The monoisotopic (exact) mass is 300 g/mol. The van der Waals surface area contributed by atoms with Crippen LogP contribution in [0.3, 0.4) is 0 Å². The van der Waals surface area contributed by atoms with Crippen LogP contribution in [0.25, 0.3) is 0 Å². The van der Waals surface area contributed by atoms with Gasteiger partial charge in [0, 0.05) is 10.0 Å². The fourth-order valence-electron chi connectivity index (χ4n) is 2.25. The minimum absolute atomic E-state index is 0.187. The highest BCUT2D eigenvalue weighted by molar-refractivity contribution is 9.10. The lowest BCUT2D eigenvalue weighted by Crippen LogP contribution is -2.12. The zero-order valence-electron chi connectivity index (χ0n) is 9.92. The molecule has 0 spiro atoms. The van der Waals surface area contributed by atoms with Crippen LogP contribution in [-0.4, -0.2) is 6.10 Å². The number of benzene rings is 1. The normalized spacial score (nSPS) is 18.0. The molecule has 1 aromatic rings. The molecule has 0 atom stereocenters. The van der Waals surface area contributed by atoms with Crippen molar-refractivity contribution in [3.8, 4) is 0 Å². The third-order valence-corrected chi connectivity index (χ3v) is 3.79. The van der Waals surface area contributed by atoms with E-state index in [4.69, 9.17) is 4.74 Å². The largest absolute Gasteiger partial charge is 0.373 e. The topological polar surface area (TPSA) is 9.23 Å². The zero-order valence-corrected chi connectivity index (χ0v) is 11.5. The van der Waals surface area contributed by atoms with Crippen molar-refractivity contribution >= 4 is 15.9 Å². The Labute approximate surface area is 110 Å². The molecule has 0 heterocycles. The molecule has 0 radical (unpaired) electrons. The molecule has 0 N–H and O–H groups in total. The Hall–Kier alpha value is -0.410. The lowest BCUT2D eigenvalue weighted by Gasteiger charge is -2.15. The van der Waals surface area contributed by atoms with Gasteiger partial charge in [0.1, 0.15) is 5.82 Å². The molecule has 1 nitrogen and oxygen atoms in total. The van der Waals surface area contributed by atoms with E-state index < -0.39 is 0 Å². The molecule has 1 fully saturated rings. The van der Waals surface area contributed by atoms with E-state index in [1.807, 2.05) is 6.07 Å². The number of rotatable bonds is 3. The number of hydrogen-bond donors (Lipinski definition) is 0. The summed E-state index contributed by atoms with van der Waals surface area (Å²) in [5.41, 5.74) is 0.650. The maximum Gasteiger partial charge on any atom is 0.129 e. The van der Waals surface area contributed by atoms with Crippen LogP contribution in [-0.2, 0) is 11.3 Å². The molecule has 2 rings (SSSR count). The van der Waals surface area contributed by atoms with E-state index in [1.54, 1.807) is 6.07 Å². The van der Waals surface area contributed by atoms with Crippen LogP contribution in [0.4, 0.5) is 4.39 Å². The molecule has 0 saturated heterocycles. The van der Waals surface area contributed by atoms with Crippen molar-refractivity contribution in [2.75, 3.05) is 0 Å². The second-order valence-electron chi connectivity index (χ2n) is 4.66. The molecule has 94 valence electrons. The molecule has 0 bridgehead atoms. The van der Waals surface area contributed by atoms with Gasteiger partial charge in [0.15, 0.2) is 0 Å². The van der Waals surface area contributed by atoms with Crippen molar-refractivity contribution in [2.45, 2.75) is 51.2 Å². The maximum absolute atomic E-state index is 13.6. The minimum atomic E-state index is -0.187. The van der Waals surface area contributed by atoms with Crippen molar-refractivity contribution in [2.24, 2.45) is 0 Å². The first-order chi connectivity index (χ1) is 8.25. The quantitative estimate of drug-likeness (QED) is 0.727. The zero-order chi connectivity index (χ0) is 12.1. The smallest absolute Gasteiger partial charge is 0.129 e. The number of halogens is 2. The second kappa shape index (κ2) is 6.50. The van der Waals surface area contributed by atoms with Crippen LogP contribution in [0, 0.1) is 5.82 Å². The molecule has 17 heavy (non-hydrogen) atoms. The Morgan fingerprint density at radius 2 is 1.88 bits per heavy atom. The van der Waals surface area contributed by atoms with Gasteiger partial charge in [-0.05, 0) is 25.0 Å². The average Bonchev–Trinajstić information content (AvgIpc) is 2.56. The molecular formula is C14H18BrFO. The Kier molecular flexibility index (Phi) is 4.99. The van der Waals surface area contributed by atoms with E-state index in [0.717, 1.165) is 17.3 Å². The van der Waals surface area contributed by atoms with Crippen LogP contribution < -0.4 is 0 Å². The Bertz CT molecular complexity index is 359. The van der Waals surface area contributed by atoms with Crippen LogP contribution in [0.2, 0.25) is 0 Å². The molecule has 0 aromatic heterocycles. The van der Waals surface area contributed by atoms with Crippen LogP contribution >= 0.6 is 15.9 Å². The van der Waals surface area contributed by atoms with Gasteiger partial charge in [-0.3, -0.25) is 0 Å². The van der Waals surface area contributed by atoms with E-state index in [1.165, 1.54) is 31.7 Å². The third kappa shape index (κ3) is 4.07. The fourth-order valence-corrected chi connectivity index (χ4v) is 2.59. The van der Waals surface area contributed by atoms with E-state index >= 15 is 0 Å². The summed E-state index contributed by atoms with van der Waals surface area (Å²) in [5, 5.41) is 0. The number of hydrogen-bond acceptors (Lipinski definition) is 1. The highest BCUT2D eigenvalue weighted by Gasteiger charge is 2.13. The van der Waals surface area contributed by atoms with Gasteiger partial charge in [-0.15, -0.1) is 0 Å². The summed E-state index contributed by atoms with van der Waals surface area (Å²) >= 11 is 3.25. The van der Waals surface area contributed by atoms with Crippen molar-refractivity contribution < 1.29 is 9.13 Å². The van der Waals surface area contributed by atoms with Crippen molar-refractivity contribution in [3.05, 3.63) is 34.1 Å². The summed E-state index contributed by atoms with van der Waals surface area (Å²) in [5.74, 6) is -0.187. The van der Waals surface area contributed by atoms with Gasteiger partial charge in [-0.2, -0.15) is 0 Å². The standard InChI is InChI=1S/C14H18BrFO/c15-12-8-7-11(14(16)9-12)10-17-13-5-3-1-2-4-6-13/h7-9,13H,1-6,10H2. The van der Waals surface area contributed by atoms with E-state index in [-0.39, 0.29) is 5.82 Å². The minimum Gasteiger partial charge on any atom is -0.373 e. The molecule has 0 aliphatic heterocycles. The predicted molar refractivity (Wildman–Crippen MR) is 70.4 cm³/mol. The summed E-state index contributed by atoms with van der Waals surface area (Å²) in [6.07, 6.45) is 7.68. The highest BCUT2D eigenvalue weighted by atomic mass is 79.9. The summed E-state index contributed by atoms with van der Waals surface area (Å²) in [6, 6.07) is 5.14. The molecule has 1 aliphatic carbocycles. The Morgan fingerprint density at radius 1 is 1.18 bits per heavy atom. The first-order valence-corrected chi connectivity index (χ1v) is 7.10. The molecular weight excluding hydrogens is 283 g/mol. The van der Waals surface area contributed by atoms with Crippen molar-refractivity contribution in [3.63, 3.8) is 0 Å². The summed E-state index contributed by atoms with van der Waals surface area (Å²) in [4.78, 5) is 0.